The Morgan fingerprint density at radius 2 is 2.12 bits per heavy atom. The molecular formula is C16H23N3O5. The minimum Gasteiger partial charge on any atom is -0.483 e. The van der Waals surface area contributed by atoms with Gasteiger partial charge in [-0.1, -0.05) is 6.07 Å². The summed E-state index contributed by atoms with van der Waals surface area (Å²) in [7, 11) is 1.98. The SMILES string of the molecule is CN1CCc2ccc(C(=O)N3CC[C@H](CO)[C@H](O)C3)nc21.O=CO. The molecule has 1 aromatic rings. The highest BCUT2D eigenvalue weighted by Gasteiger charge is 2.31. The lowest BCUT2D eigenvalue weighted by atomic mass is 9.94. The fourth-order valence-electron chi connectivity index (χ4n) is 3.06. The molecule has 3 heterocycles. The van der Waals surface area contributed by atoms with Crippen molar-refractivity contribution in [3.8, 4) is 0 Å². The van der Waals surface area contributed by atoms with E-state index in [0.29, 0.717) is 18.7 Å². The minimum absolute atomic E-state index is 0.0366. The smallest absolute Gasteiger partial charge is 0.290 e. The molecule has 0 aromatic carbocycles. The molecule has 132 valence electrons. The molecule has 1 amide bonds. The Bertz CT molecular complexity index is 595. The third kappa shape index (κ3) is 3.82. The number of hydrogen-bond donors (Lipinski definition) is 3. The fourth-order valence-corrected chi connectivity index (χ4v) is 3.06. The number of carbonyl (C=O) groups excluding carboxylic acids is 1. The maximum atomic E-state index is 12.5. The summed E-state index contributed by atoms with van der Waals surface area (Å²) in [6.07, 6.45) is 0.923. The van der Waals surface area contributed by atoms with Gasteiger partial charge >= 0.3 is 0 Å². The highest BCUT2D eigenvalue weighted by atomic mass is 16.3. The summed E-state index contributed by atoms with van der Waals surface area (Å²) in [6.45, 7) is 1.46. The number of aliphatic hydroxyl groups is 2. The van der Waals surface area contributed by atoms with Crippen LogP contribution < -0.4 is 4.90 Å². The number of aromatic nitrogens is 1. The first-order valence-electron chi connectivity index (χ1n) is 7.89. The molecule has 8 heteroatoms. The number of carbonyl (C=O) groups is 2. The molecule has 1 fully saturated rings. The normalized spacial score (nSPS) is 22.5. The van der Waals surface area contributed by atoms with Crippen LogP contribution in [0.4, 0.5) is 5.82 Å². The maximum absolute atomic E-state index is 12.5. The van der Waals surface area contributed by atoms with Crippen LogP contribution in [-0.4, -0.2) is 77.0 Å². The third-order valence-electron chi connectivity index (χ3n) is 4.50. The van der Waals surface area contributed by atoms with Crippen molar-refractivity contribution in [2.24, 2.45) is 5.92 Å². The van der Waals surface area contributed by atoms with Gasteiger partial charge in [-0.05, 0) is 24.5 Å². The number of piperidine rings is 1. The first-order chi connectivity index (χ1) is 11.5. The van der Waals surface area contributed by atoms with E-state index in [1.807, 2.05) is 13.1 Å². The molecule has 8 nitrogen and oxygen atoms in total. The van der Waals surface area contributed by atoms with Crippen molar-refractivity contribution in [3.05, 3.63) is 23.4 Å². The summed E-state index contributed by atoms with van der Waals surface area (Å²) in [6, 6.07) is 3.74. The van der Waals surface area contributed by atoms with E-state index in [2.05, 4.69) is 9.88 Å². The summed E-state index contributed by atoms with van der Waals surface area (Å²) in [4.78, 5) is 29.0. The number of likely N-dealkylation sites (N-methyl/N-ethyl adjacent to an activating group) is 1. The van der Waals surface area contributed by atoms with Crippen molar-refractivity contribution in [1.82, 2.24) is 9.88 Å². The molecule has 1 saturated heterocycles. The number of rotatable bonds is 2. The van der Waals surface area contributed by atoms with Crippen molar-refractivity contribution in [2.75, 3.05) is 38.2 Å². The predicted molar refractivity (Wildman–Crippen MR) is 87.0 cm³/mol. The van der Waals surface area contributed by atoms with Crippen LogP contribution in [0.25, 0.3) is 0 Å². The number of aliphatic hydroxyl groups excluding tert-OH is 2. The van der Waals surface area contributed by atoms with Crippen LogP contribution in [0, 0.1) is 5.92 Å². The van der Waals surface area contributed by atoms with Gasteiger partial charge in [0.15, 0.2) is 0 Å². The van der Waals surface area contributed by atoms with Crippen molar-refractivity contribution in [2.45, 2.75) is 18.9 Å². The predicted octanol–water partition coefficient (Wildman–Crippen LogP) is -0.410. The number of pyridine rings is 1. The minimum atomic E-state index is -0.662. The van der Waals surface area contributed by atoms with E-state index in [-0.39, 0.29) is 31.4 Å². The van der Waals surface area contributed by atoms with Crippen molar-refractivity contribution in [1.29, 1.82) is 0 Å². The zero-order chi connectivity index (χ0) is 17.7. The molecule has 2 aliphatic heterocycles. The van der Waals surface area contributed by atoms with Crippen molar-refractivity contribution >= 4 is 18.2 Å². The van der Waals surface area contributed by atoms with Gasteiger partial charge in [0.25, 0.3) is 12.4 Å². The van der Waals surface area contributed by atoms with Crippen molar-refractivity contribution in [3.63, 3.8) is 0 Å². The van der Waals surface area contributed by atoms with Gasteiger partial charge < -0.3 is 25.1 Å². The molecular weight excluding hydrogens is 314 g/mol. The second kappa shape index (κ2) is 8.07. The Kier molecular flexibility index (Phi) is 6.10. The summed E-state index contributed by atoms with van der Waals surface area (Å²) in [5.41, 5.74) is 1.60. The molecule has 0 radical (unpaired) electrons. The largest absolute Gasteiger partial charge is 0.483 e. The Balaban J connectivity index is 0.000000647. The van der Waals surface area contributed by atoms with E-state index in [1.54, 1.807) is 11.0 Å². The zero-order valence-corrected chi connectivity index (χ0v) is 13.6. The van der Waals surface area contributed by atoms with Gasteiger partial charge in [-0.25, -0.2) is 4.98 Å². The molecule has 3 rings (SSSR count). The van der Waals surface area contributed by atoms with Crippen LogP contribution in [0.3, 0.4) is 0 Å². The first-order valence-corrected chi connectivity index (χ1v) is 7.89. The van der Waals surface area contributed by atoms with E-state index in [0.717, 1.165) is 18.8 Å². The molecule has 0 bridgehead atoms. The Morgan fingerprint density at radius 3 is 2.75 bits per heavy atom. The summed E-state index contributed by atoms with van der Waals surface area (Å²) in [5.74, 6) is 0.605. The molecule has 24 heavy (non-hydrogen) atoms. The number of nitrogens with zero attached hydrogens (tertiary/aromatic N) is 3. The summed E-state index contributed by atoms with van der Waals surface area (Å²) < 4.78 is 0. The Hall–Kier alpha value is -2.19. The monoisotopic (exact) mass is 337 g/mol. The van der Waals surface area contributed by atoms with Crippen molar-refractivity contribution < 1.29 is 24.9 Å². The van der Waals surface area contributed by atoms with Crippen LogP contribution in [0.1, 0.15) is 22.5 Å². The number of fused-ring (bicyclic) bond motifs is 1. The van der Waals surface area contributed by atoms with Crippen LogP contribution in [0.5, 0.6) is 0 Å². The van der Waals surface area contributed by atoms with Crippen LogP contribution >= 0.6 is 0 Å². The quantitative estimate of drug-likeness (QED) is 0.629. The van der Waals surface area contributed by atoms with E-state index in [1.165, 1.54) is 5.56 Å². The van der Waals surface area contributed by atoms with E-state index in [9.17, 15) is 9.90 Å². The number of likely N-dealkylation sites (tertiary alicyclic amines) is 1. The van der Waals surface area contributed by atoms with E-state index in [4.69, 9.17) is 15.0 Å². The molecule has 0 saturated carbocycles. The van der Waals surface area contributed by atoms with Crippen LogP contribution in [0.15, 0.2) is 12.1 Å². The molecule has 1 aromatic heterocycles. The van der Waals surface area contributed by atoms with E-state index < -0.39 is 6.10 Å². The second-order valence-electron chi connectivity index (χ2n) is 6.01. The average molecular weight is 337 g/mol. The lowest BCUT2D eigenvalue weighted by Crippen LogP contribution is -2.47. The molecule has 0 spiro atoms. The first kappa shape index (κ1) is 18.2. The maximum Gasteiger partial charge on any atom is 0.290 e. The molecule has 0 aliphatic carbocycles. The number of hydrogen-bond acceptors (Lipinski definition) is 6. The molecule has 0 unspecified atom stereocenters. The topological polar surface area (TPSA) is 114 Å². The Labute approximate surface area is 140 Å². The number of β-amino-alcohol motifs (C(OH)–C–C–N with tert-alkyl or cyclic N) is 1. The van der Waals surface area contributed by atoms with Gasteiger partial charge in [-0.2, -0.15) is 0 Å². The van der Waals surface area contributed by atoms with Gasteiger partial charge in [0.1, 0.15) is 11.5 Å². The van der Waals surface area contributed by atoms with Gasteiger partial charge in [-0.15, -0.1) is 0 Å². The fraction of sp³-hybridized carbons (Fsp3) is 0.562. The standard InChI is InChI=1S/C15H21N3O3.CH2O2/c1-17-6-4-10-2-3-12(16-14(10)17)15(21)18-7-5-11(9-19)13(20)8-18;2-1-3/h2-3,11,13,19-20H,4-9H2,1H3;1H,(H,2,3)/t11-,13-;/m1./s1. The number of amides is 1. The van der Waals surface area contributed by atoms with Gasteiger partial charge in [0, 0.05) is 39.2 Å². The summed E-state index contributed by atoms with van der Waals surface area (Å²) in [5, 5.41) is 26.0. The van der Waals surface area contributed by atoms with Gasteiger partial charge in [0.05, 0.1) is 6.10 Å². The zero-order valence-electron chi connectivity index (χ0n) is 13.6. The lowest BCUT2D eigenvalue weighted by Gasteiger charge is -2.35. The average Bonchev–Trinajstić information content (AvgIpc) is 2.95. The molecule has 2 aliphatic rings. The lowest BCUT2D eigenvalue weighted by molar-refractivity contribution is -0.122. The number of carboxylic acid groups (broad SMARTS) is 1. The molecule has 3 N–H and O–H groups in total. The van der Waals surface area contributed by atoms with E-state index >= 15 is 0 Å². The molecule has 2 atom stereocenters. The van der Waals surface area contributed by atoms with Gasteiger partial charge in [0.2, 0.25) is 0 Å². The second-order valence-corrected chi connectivity index (χ2v) is 6.01. The third-order valence-corrected chi connectivity index (χ3v) is 4.50. The van der Waals surface area contributed by atoms with Crippen LogP contribution in [-0.2, 0) is 11.2 Å². The number of anilines is 1. The highest BCUT2D eigenvalue weighted by molar-refractivity contribution is 5.93. The van der Waals surface area contributed by atoms with Gasteiger partial charge in [-0.3, -0.25) is 9.59 Å². The highest BCUT2D eigenvalue weighted by Crippen LogP contribution is 2.25. The summed E-state index contributed by atoms with van der Waals surface area (Å²) >= 11 is 0. The van der Waals surface area contributed by atoms with Crippen LogP contribution in [0.2, 0.25) is 0 Å². The Morgan fingerprint density at radius 1 is 1.42 bits per heavy atom.